The van der Waals surface area contributed by atoms with E-state index in [1.807, 2.05) is 17.4 Å². The van der Waals surface area contributed by atoms with E-state index < -0.39 is 0 Å². The molecule has 56 heavy (non-hydrogen) atoms. The highest BCUT2D eigenvalue weighted by atomic mass is 32.1. The number of nitrogens with zero attached hydrogens (tertiary/aromatic N) is 3. The molecule has 7 aromatic carbocycles. The van der Waals surface area contributed by atoms with Crippen LogP contribution in [0.3, 0.4) is 0 Å². The van der Waals surface area contributed by atoms with E-state index in [2.05, 4.69) is 204 Å². The Morgan fingerprint density at radius 3 is 1.91 bits per heavy atom. The van der Waals surface area contributed by atoms with E-state index in [0.717, 1.165) is 44.5 Å². The van der Waals surface area contributed by atoms with Crippen LogP contribution in [0.25, 0.3) is 47.0 Å². The van der Waals surface area contributed by atoms with E-state index in [4.69, 9.17) is 4.98 Å². The highest BCUT2D eigenvalue weighted by Gasteiger charge is 2.28. The lowest BCUT2D eigenvalue weighted by molar-refractivity contribution is 0.684. The fourth-order valence-corrected chi connectivity index (χ4v) is 10.4. The number of allylic oxidation sites excluding steroid dienone is 4. The average molecular weight is 754 g/mol. The number of thiophene rings is 1. The third-order valence-corrected chi connectivity index (χ3v) is 13.2. The Morgan fingerprint density at radius 2 is 1.11 bits per heavy atom. The van der Waals surface area contributed by atoms with Gasteiger partial charge < -0.3 is 9.80 Å². The summed E-state index contributed by atoms with van der Waals surface area (Å²) < 4.78 is 3.84. The van der Waals surface area contributed by atoms with Crippen LogP contribution >= 0.6 is 22.7 Å². The van der Waals surface area contributed by atoms with Gasteiger partial charge in [-0.3, -0.25) is 0 Å². The molecule has 2 unspecified atom stereocenters. The zero-order valence-corrected chi connectivity index (χ0v) is 32.0. The predicted molar refractivity (Wildman–Crippen MR) is 240 cm³/mol. The van der Waals surface area contributed by atoms with Crippen molar-refractivity contribution in [2.75, 3.05) is 9.80 Å². The number of para-hydroxylation sites is 3. The van der Waals surface area contributed by atoms with E-state index in [-0.39, 0.29) is 11.8 Å². The first-order valence-electron chi connectivity index (χ1n) is 19.0. The van der Waals surface area contributed by atoms with Crippen molar-refractivity contribution in [1.29, 1.82) is 0 Å². The van der Waals surface area contributed by atoms with Crippen LogP contribution in [0.1, 0.15) is 17.0 Å². The maximum Gasteiger partial charge on any atom is 0.124 e. The molecule has 2 aliphatic carbocycles. The van der Waals surface area contributed by atoms with Crippen LogP contribution in [-0.2, 0) is 0 Å². The minimum atomic E-state index is 0.237. The molecular formula is C51H35N3S2. The van der Waals surface area contributed by atoms with Crippen molar-refractivity contribution in [2.45, 2.75) is 5.92 Å². The highest BCUT2D eigenvalue weighted by Crippen LogP contribution is 2.46. The second kappa shape index (κ2) is 13.6. The summed E-state index contributed by atoms with van der Waals surface area (Å²) in [5.74, 6) is 0.492. The van der Waals surface area contributed by atoms with Gasteiger partial charge in [-0.25, -0.2) is 4.98 Å². The normalized spacial score (nSPS) is 15.8. The SMILES string of the molecule is C1=CC2c3ccc(N(c4ccccc4)c4ccc5sc6ccccc6c5c4)cc3C=CC2C=C1N(c1ccccc1)c1ccc(-c2nc3ccccc3s2)cc1. The number of fused-ring (bicyclic) bond motifs is 7. The van der Waals surface area contributed by atoms with Crippen LogP contribution in [0.4, 0.5) is 28.4 Å². The number of benzene rings is 7. The van der Waals surface area contributed by atoms with Gasteiger partial charge in [-0.05, 0) is 114 Å². The molecule has 266 valence electrons. The molecule has 0 bridgehead atoms. The number of rotatable bonds is 7. The van der Waals surface area contributed by atoms with E-state index in [1.165, 1.54) is 41.7 Å². The van der Waals surface area contributed by atoms with E-state index in [0.29, 0.717) is 0 Å². The lowest BCUT2D eigenvalue weighted by Crippen LogP contribution is -2.22. The Labute approximate surface area is 334 Å². The van der Waals surface area contributed by atoms with Crippen LogP contribution in [0, 0.1) is 5.92 Å². The van der Waals surface area contributed by atoms with Crippen molar-refractivity contribution in [3.8, 4) is 10.6 Å². The molecule has 11 rings (SSSR count). The Bertz CT molecular complexity index is 2960. The molecule has 0 radical (unpaired) electrons. The minimum Gasteiger partial charge on any atom is -0.311 e. The van der Waals surface area contributed by atoms with Gasteiger partial charge in [-0.1, -0.05) is 97.1 Å². The summed E-state index contributed by atoms with van der Waals surface area (Å²) in [4.78, 5) is 9.66. The van der Waals surface area contributed by atoms with Crippen molar-refractivity contribution in [3.05, 3.63) is 211 Å². The van der Waals surface area contributed by atoms with Gasteiger partial charge in [0.25, 0.3) is 0 Å². The summed E-state index contributed by atoms with van der Waals surface area (Å²) >= 11 is 3.60. The summed E-state index contributed by atoms with van der Waals surface area (Å²) in [7, 11) is 0. The average Bonchev–Trinajstić information content (AvgIpc) is 3.87. The zero-order chi connectivity index (χ0) is 37.0. The Kier molecular flexibility index (Phi) is 8.01. The van der Waals surface area contributed by atoms with Crippen LogP contribution in [0.15, 0.2) is 200 Å². The molecule has 2 aliphatic rings. The van der Waals surface area contributed by atoms with E-state index in [1.54, 1.807) is 11.3 Å². The second-order valence-corrected chi connectivity index (χ2v) is 16.5. The molecule has 0 N–H and O–H groups in total. The Balaban J connectivity index is 0.927. The maximum absolute atomic E-state index is 4.91. The molecule has 2 atom stereocenters. The van der Waals surface area contributed by atoms with Crippen LogP contribution in [-0.4, -0.2) is 4.98 Å². The topological polar surface area (TPSA) is 19.4 Å². The lowest BCUT2D eigenvalue weighted by Gasteiger charge is -2.34. The third-order valence-electron chi connectivity index (χ3n) is 11.0. The van der Waals surface area contributed by atoms with Gasteiger partial charge in [0.15, 0.2) is 0 Å². The molecule has 0 aliphatic heterocycles. The molecular weight excluding hydrogens is 719 g/mol. The molecule has 0 spiro atoms. The maximum atomic E-state index is 4.91. The van der Waals surface area contributed by atoms with Crippen molar-refractivity contribution in [1.82, 2.24) is 4.98 Å². The number of anilines is 5. The van der Waals surface area contributed by atoms with Gasteiger partial charge >= 0.3 is 0 Å². The number of hydrogen-bond acceptors (Lipinski definition) is 5. The molecule has 0 amide bonds. The number of thiazole rings is 1. The Hall–Kier alpha value is -6.53. The monoisotopic (exact) mass is 753 g/mol. The lowest BCUT2D eigenvalue weighted by atomic mass is 9.76. The second-order valence-electron chi connectivity index (χ2n) is 14.4. The fourth-order valence-electron chi connectivity index (χ4n) is 8.34. The molecule has 2 heterocycles. The van der Waals surface area contributed by atoms with Gasteiger partial charge in [0.05, 0.1) is 10.2 Å². The summed E-state index contributed by atoms with van der Waals surface area (Å²) in [5.41, 5.74) is 11.7. The molecule has 5 heteroatoms. The van der Waals surface area contributed by atoms with Gasteiger partial charge in [-0.15, -0.1) is 22.7 Å². The summed E-state index contributed by atoms with van der Waals surface area (Å²) in [6.07, 6.45) is 11.9. The van der Waals surface area contributed by atoms with E-state index >= 15 is 0 Å². The first-order valence-corrected chi connectivity index (χ1v) is 20.7. The number of aromatic nitrogens is 1. The summed E-state index contributed by atoms with van der Waals surface area (Å²) in [6.45, 7) is 0. The van der Waals surface area contributed by atoms with Crippen molar-refractivity contribution >= 4 is 87.6 Å². The van der Waals surface area contributed by atoms with Gasteiger partial charge in [0.2, 0.25) is 0 Å². The van der Waals surface area contributed by atoms with Crippen molar-refractivity contribution in [2.24, 2.45) is 5.92 Å². The zero-order valence-electron chi connectivity index (χ0n) is 30.4. The van der Waals surface area contributed by atoms with Crippen molar-refractivity contribution < 1.29 is 0 Å². The van der Waals surface area contributed by atoms with Gasteiger partial charge in [-0.2, -0.15) is 0 Å². The quantitative estimate of drug-likeness (QED) is 0.162. The first kappa shape index (κ1) is 32.9. The van der Waals surface area contributed by atoms with Crippen LogP contribution < -0.4 is 9.80 Å². The largest absolute Gasteiger partial charge is 0.311 e. The predicted octanol–water partition coefficient (Wildman–Crippen LogP) is 14.8. The van der Waals surface area contributed by atoms with Gasteiger partial charge in [0.1, 0.15) is 5.01 Å². The summed E-state index contributed by atoms with van der Waals surface area (Å²) in [6, 6.07) is 61.2. The highest BCUT2D eigenvalue weighted by molar-refractivity contribution is 7.25. The standard InChI is InChI=1S/C51H35N3S2/c1-3-11-37(12-4-1)53(39-23-21-34(22-24-39)51-52-47-16-8-10-18-50(47)56-51)40-25-28-43-35(31-40)19-20-36-32-41(26-29-44(36)43)54(38-13-5-2-6-14-38)42-27-30-49-46(33-42)45-15-7-9-17-48(45)55-49/h1-33,35,43H. The van der Waals surface area contributed by atoms with Crippen LogP contribution in [0.2, 0.25) is 0 Å². The molecule has 0 saturated heterocycles. The van der Waals surface area contributed by atoms with Crippen molar-refractivity contribution in [3.63, 3.8) is 0 Å². The fraction of sp³-hybridized carbons (Fsp3) is 0.0392. The molecule has 3 nitrogen and oxygen atoms in total. The molecule has 0 fully saturated rings. The van der Waals surface area contributed by atoms with Gasteiger partial charge in [0, 0.05) is 71.7 Å². The minimum absolute atomic E-state index is 0.237. The summed E-state index contributed by atoms with van der Waals surface area (Å²) in [5, 5.41) is 3.65. The smallest absolute Gasteiger partial charge is 0.124 e. The first-order chi connectivity index (χ1) is 27.7. The molecule has 9 aromatic rings. The third kappa shape index (κ3) is 5.75. The van der Waals surface area contributed by atoms with E-state index in [9.17, 15) is 0 Å². The molecule has 2 aromatic heterocycles. The van der Waals surface area contributed by atoms with Crippen LogP contribution in [0.5, 0.6) is 0 Å². The Morgan fingerprint density at radius 1 is 0.464 bits per heavy atom. The molecule has 0 saturated carbocycles. The number of hydrogen-bond donors (Lipinski definition) is 0.